The van der Waals surface area contributed by atoms with Gasteiger partial charge in [-0.1, -0.05) is 25.5 Å². The van der Waals surface area contributed by atoms with Gasteiger partial charge in [-0.05, 0) is 33.9 Å². The molecule has 0 spiro atoms. The SMILES string of the molecule is CCN(CC)CC(C)NCC=C(C)C. The molecule has 14 heavy (non-hydrogen) atoms. The normalized spacial score (nSPS) is 13.0. The molecule has 1 N–H and O–H groups in total. The fraction of sp³-hybridized carbons (Fsp3) is 0.833. The van der Waals surface area contributed by atoms with Crippen LogP contribution in [0.5, 0.6) is 0 Å². The number of rotatable bonds is 7. The molecule has 0 aromatic heterocycles. The molecule has 0 saturated carbocycles. The second-order valence-corrected chi connectivity index (χ2v) is 4.08. The minimum Gasteiger partial charge on any atom is -0.310 e. The van der Waals surface area contributed by atoms with Crippen molar-refractivity contribution in [2.24, 2.45) is 0 Å². The van der Waals surface area contributed by atoms with Gasteiger partial charge in [-0.3, -0.25) is 0 Å². The van der Waals surface area contributed by atoms with E-state index in [0.717, 1.165) is 26.2 Å². The van der Waals surface area contributed by atoms with E-state index in [0.29, 0.717) is 6.04 Å². The first-order valence-electron chi connectivity index (χ1n) is 5.69. The van der Waals surface area contributed by atoms with Crippen molar-refractivity contribution in [2.75, 3.05) is 26.2 Å². The lowest BCUT2D eigenvalue weighted by Crippen LogP contribution is -2.39. The van der Waals surface area contributed by atoms with Crippen molar-refractivity contribution in [3.05, 3.63) is 11.6 Å². The van der Waals surface area contributed by atoms with E-state index in [4.69, 9.17) is 0 Å². The predicted molar refractivity (Wildman–Crippen MR) is 64.7 cm³/mol. The number of likely N-dealkylation sites (N-methyl/N-ethyl adjacent to an activating group) is 1. The first-order valence-corrected chi connectivity index (χ1v) is 5.69. The molecule has 0 rings (SSSR count). The Morgan fingerprint density at radius 1 is 1.29 bits per heavy atom. The number of nitrogens with zero attached hydrogens (tertiary/aromatic N) is 1. The van der Waals surface area contributed by atoms with Crippen molar-refractivity contribution < 1.29 is 0 Å². The van der Waals surface area contributed by atoms with Gasteiger partial charge < -0.3 is 10.2 Å². The summed E-state index contributed by atoms with van der Waals surface area (Å²) in [6.07, 6.45) is 2.23. The highest BCUT2D eigenvalue weighted by Crippen LogP contribution is 1.92. The lowest BCUT2D eigenvalue weighted by atomic mass is 10.2. The Bertz CT molecular complexity index is 156. The van der Waals surface area contributed by atoms with Crippen LogP contribution in [0.25, 0.3) is 0 Å². The van der Waals surface area contributed by atoms with Crippen molar-refractivity contribution in [1.29, 1.82) is 0 Å². The van der Waals surface area contributed by atoms with Crippen molar-refractivity contribution >= 4 is 0 Å². The van der Waals surface area contributed by atoms with E-state index in [1.54, 1.807) is 0 Å². The highest BCUT2D eigenvalue weighted by molar-refractivity contribution is 4.94. The van der Waals surface area contributed by atoms with E-state index in [-0.39, 0.29) is 0 Å². The van der Waals surface area contributed by atoms with Gasteiger partial charge in [-0.15, -0.1) is 0 Å². The van der Waals surface area contributed by atoms with Crippen molar-refractivity contribution in [1.82, 2.24) is 10.2 Å². The van der Waals surface area contributed by atoms with Crippen molar-refractivity contribution in [3.8, 4) is 0 Å². The van der Waals surface area contributed by atoms with E-state index in [9.17, 15) is 0 Å². The number of hydrogen-bond donors (Lipinski definition) is 1. The summed E-state index contributed by atoms with van der Waals surface area (Å²) in [6.45, 7) is 15.4. The van der Waals surface area contributed by atoms with E-state index < -0.39 is 0 Å². The topological polar surface area (TPSA) is 15.3 Å². The number of allylic oxidation sites excluding steroid dienone is 1. The molecule has 0 aliphatic heterocycles. The second kappa shape index (κ2) is 8.01. The highest BCUT2D eigenvalue weighted by atomic mass is 15.1. The molecule has 0 fully saturated rings. The Balaban J connectivity index is 3.63. The third-order valence-electron chi connectivity index (χ3n) is 2.40. The van der Waals surface area contributed by atoms with Gasteiger partial charge in [0, 0.05) is 19.1 Å². The van der Waals surface area contributed by atoms with Crippen LogP contribution in [0.1, 0.15) is 34.6 Å². The first kappa shape index (κ1) is 13.7. The molecule has 0 aliphatic carbocycles. The Labute approximate surface area is 89.4 Å². The summed E-state index contributed by atoms with van der Waals surface area (Å²) in [6, 6.07) is 0.575. The van der Waals surface area contributed by atoms with Gasteiger partial charge in [0.25, 0.3) is 0 Å². The molecule has 1 unspecified atom stereocenters. The standard InChI is InChI=1S/C12H26N2/c1-6-14(7-2)10-12(5)13-9-8-11(3)4/h8,12-13H,6-7,9-10H2,1-5H3. The maximum atomic E-state index is 3.50. The van der Waals surface area contributed by atoms with Gasteiger partial charge in [-0.2, -0.15) is 0 Å². The van der Waals surface area contributed by atoms with Crippen LogP contribution < -0.4 is 5.32 Å². The van der Waals surface area contributed by atoms with Crippen LogP contribution in [0.2, 0.25) is 0 Å². The summed E-state index contributed by atoms with van der Waals surface area (Å²) in [7, 11) is 0. The van der Waals surface area contributed by atoms with Gasteiger partial charge in [0.05, 0.1) is 0 Å². The predicted octanol–water partition coefficient (Wildman–Crippen LogP) is 2.27. The average Bonchev–Trinajstić information content (AvgIpc) is 2.13. The maximum Gasteiger partial charge on any atom is 0.0169 e. The van der Waals surface area contributed by atoms with E-state index in [1.165, 1.54) is 5.57 Å². The maximum absolute atomic E-state index is 3.50. The minimum atomic E-state index is 0.575. The summed E-state index contributed by atoms with van der Waals surface area (Å²) in [5.74, 6) is 0. The fourth-order valence-electron chi connectivity index (χ4n) is 1.40. The molecule has 1 atom stereocenters. The highest BCUT2D eigenvalue weighted by Gasteiger charge is 2.04. The van der Waals surface area contributed by atoms with Gasteiger partial charge in [0.15, 0.2) is 0 Å². The van der Waals surface area contributed by atoms with Crippen LogP contribution in [0.3, 0.4) is 0 Å². The Kier molecular flexibility index (Phi) is 7.81. The summed E-state index contributed by atoms with van der Waals surface area (Å²) in [4.78, 5) is 2.44. The van der Waals surface area contributed by atoms with E-state index in [2.05, 4.69) is 50.9 Å². The Morgan fingerprint density at radius 2 is 1.86 bits per heavy atom. The first-order chi connectivity index (χ1) is 6.60. The van der Waals surface area contributed by atoms with Crippen LogP contribution in [-0.2, 0) is 0 Å². The summed E-state index contributed by atoms with van der Waals surface area (Å²) >= 11 is 0. The zero-order valence-electron chi connectivity index (χ0n) is 10.4. The van der Waals surface area contributed by atoms with Crippen molar-refractivity contribution in [3.63, 3.8) is 0 Å². The zero-order chi connectivity index (χ0) is 11.0. The van der Waals surface area contributed by atoms with Gasteiger partial charge in [0.2, 0.25) is 0 Å². The molecule has 0 aromatic carbocycles. The fourth-order valence-corrected chi connectivity index (χ4v) is 1.40. The zero-order valence-corrected chi connectivity index (χ0v) is 10.4. The van der Waals surface area contributed by atoms with Crippen LogP contribution in [-0.4, -0.2) is 37.1 Å². The lowest BCUT2D eigenvalue weighted by molar-refractivity contribution is 0.274. The summed E-state index contributed by atoms with van der Waals surface area (Å²) in [5.41, 5.74) is 1.38. The number of hydrogen-bond acceptors (Lipinski definition) is 2. The molecule has 0 aromatic rings. The smallest absolute Gasteiger partial charge is 0.0169 e. The van der Waals surface area contributed by atoms with Crippen molar-refractivity contribution in [2.45, 2.75) is 40.7 Å². The molecule has 2 nitrogen and oxygen atoms in total. The Hall–Kier alpha value is -0.340. The van der Waals surface area contributed by atoms with Crippen LogP contribution in [0, 0.1) is 0 Å². The molecule has 0 saturated heterocycles. The molecule has 0 aliphatic rings. The van der Waals surface area contributed by atoms with Crippen LogP contribution in [0.4, 0.5) is 0 Å². The minimum absolute atomic E-state index is 0.575. The van der Waals surface area contributed by atoms with Crippen LogP contribution >= 0.6 is 0 Å². The molecule has 0 heterocycles. The quantitative estimate of drug-likeness (QED) is 0.631. The lowest BCUT2D eigenvalue weighted by Gasteiger charge is -2.23. The molecule has 0 radical (unpaired) electrons. The second-order valence-electron chi connectivity index (χ2n) is 4.08. The molecule has 84 valence electrons. The third-order valence-corrected chi connectivity index (χ3v) is 2.40. The summed E-state index contributed by atoms with van der Waals surface area (Å²) < 4.78 is 0. The van der Waals surface area contributed by atoms with Gasteiger partial charge >= 0.3 is 0 Å². The molecule has 0 bridgehead atoms. The van der Waals surface area contributed by atoms with E-state index >= 15 is 0 Å². The third kappa shape index (κ3) is 7.10. The largest absolute Gasteiger partial charge is 0.310 e. The summed E-state index contributed by atoms with van der Waals surface area (Å²) in [5, 5.41) is 3.50. The molecule has 2 heteroatoms. The number of nitrogens with one attached hydrogen (secondary N) is 1. The monoisotopic (exact) mass is 198 g/mol. The molecular weight excluding hydrogens is 172 g/mol. The van der Waals surface area contributed by atoms with Gasteiger partial charge in [-0.25, -0.2) is 0 Å². The van der Waals surface area contributed by atoms with E-state index in [1.807, 2.05) is 0 Å². The molecular formula is C12H26N2. The average molecular weight is 198 g/mol. The molecule has 0 amide bonds. The van der Waals surface area contributed by atoms with Crippen LogP contribution in [0.15, 0.2) is 11.6 Å². The Morgan fingerprint density at radius 3 is 2.29 bits per heavy atom. The van der Waals surface area contributed by atoms with Gasteiger partial charge in [0.1, 0.15) is 0 Å².